The van der Waals surface area contributed by atoms with E-state index in [0.717, 1.165) is 11.1 Å². The van der Waals surface area contributed by atoms with Crippen molar-refractivity contribution in [1.29, 1.82) is 0 Å². The summed E-state index contributed by atoms with van der Waals surface area (Å²) in [6.07, 6.45) is 1.73. The smallest absolute Gasteiger partial charge is 0.273 e. The number of ether oxygens (including phenoxy) is 2. The number of nitrogens with one attached hydrogen (secondary N) is 2. The maximum atomic E-state index is 11.6. The van der Waals surface area contributed by atoms with Crippen LogP contribution in [0, 0.1) is 6.92 Å². The minimum atomic E-state index is -0.237. The molecule has 1 amide bonds. The zero-order chi connectivity index (χ0) is 14.0. The van der Waals surface area contributed by atoms with Gasteiger partial charge in [0.05, 0.1) is 14.2 Å². The number of carbonyl (C=O) groups excluding carboxylic acids is 1. The lowest BCUT2D eigenvalue weighted by atomic mass is 10.1. The molecule has 1 heterocycles. The standard InChI is InChI=1S/C13H14N2O3S/c1-7-4-10(17-2)11(18-3)6-8(7)5-9-12(16)15-13(19)14-9/h4-6H,1-3H3,(H2,14,15,16,19). The van der Waals surface area contributed by atoms with E-state index in [4.69, 9.17) is 21.7 Å². The summed E-state index contributed by atoms with van der Waals surface area (Å²) >= 11 is 4.88. The van der Waals surface area contributed by atoms with E-state index in [1.807, 2.05) is 19.1 Å². The first kappa shape index (κ1) is 13.4. The molecule has 0 saturated carbocycles. The van der Waals surface area contributed by atoms with Crippen molar-refractivity contribution in [3.63, 3.8) is 0 Å². The third-order valence-corrected chi connectivity index (χ3v) is 3.00. The average molecular weight is 278 g/mol. The van der Waals surface area contributed by atoms with E-state index in [0.29, 0.717) is 22.3 Å². The van der Waals surface area contributed by atoms with Crippen molar-refractivity contribution >= 4 is 29.3 Å². The molecule has 19 heavy (non-hydrogen) atoms. The summed E-state index contributed by atoms with van der Waals surface area (Å²) in [7, 11) is 3.15. The first-order valence-electron chi connectivity index (χ1n) is 5.62. The van der Waals surface area contributed by atoms with Crippen LogP contribution in [0.3, 0.4) is 0 Å². The molecule has 0 aliphatic carbocycles. The van der Waals surface area contributed by atoms with Crippen LogP contribution in [0.15, 0.2) is 17.8 Å². The fourth-order valence-corrected chi connectivity index (χ4v) is 1.99. The minimum Gasteiger partial charge on any atom is -0.493 e. The van der Waals surface area contributed by atoms with Gasteiger partial charge < -0.3 is 14.8 Å². The summed E-state index contributed by atoms with van der Waals surface area (Å²) in [6, 6.07) is 3.67. The van der Waals surface area contributed by atoms with Crippen molar-refractivity contribution in [3.05, 3.63) is 29.0 Å². The molecule has 1 aliphatic heterocycles. The highest BCUT2D eigenvalue weighted by atomic mass is 32.1. The molecule has 1 saturated heterocycles. The molecule has 1 aromatic rings. The summed E-state index contributed by atoms with van der Waals surface area (Å²) in [5, 5.41) is 5.63. The van der Waals surface area contributed by atoms with Crippen molar-refractivity contribution in [2.24, 2.45) is 0 Å². The fraction of sp³-hybridized carbons (Fsp3) is 0.231. The SMILES string of the molecule is COc1cc(C)c(C=C2NC(=S)NC2=O)cc1OC. The summed E-state index contributed by atoms with van der Waals surface area (Å²) in [4.78, 5) is 11.6. The van der Waals surface area contributed by atoms with Gasteiger partial charge in [-0.3, -0.25) is 10.1 Å². The lowest BCUT2D eigenvalue weighted by molar-refractivity contribution is -0.115. The van der Waals surface area contributed by atoms with Crippen LogP contribution in [0.4, 0.5) is 0 Å². The van der Waals surface area contributed by atoms with E-state index >= 15 is 0 Å². The Morgan fingerprint density at radius 2 is 1.79 bits per heavy atom. The number of amides is 1. The van der Waals surface area contributed by atoms with Crippen LogP contribution in [0.2, 0.25) is 0 Å². The molecule has 6 heteroatoms. The van der Waals surface area contributed by atoms with Crippen LogP contribution in [-0.2, 0) is 4.79 Å². The summed E-state index contributed by atoms with van der Waals surface area (Å²) < 4.78 is 10.5. The molecule has 5 nitrogen and oxygen atoms in total. The summed E-state index contributed by atoms with van der Waals surface area (Å²) in [6.45, 7) is 1.93. The average Bonchev–Trinajstić information content (AvgIpc) is 2.69. The van der Waals surface area contributed by atoms with E-state index in [9.17, 15) is 4.79 Å². The monoisotopic (exact) mass is 278 g/mol. The van der Waals surface area contributed by atoms with E-state index in [1.54, 1.807) is 20.3 Å². The number of benzene rings is 1. The molecule has 0 atom stereocenters. The van der Waals surface area contributed by atoms with Gasteiger partial charge in [0.2, 0.25) is 0 Å². The lowest BCUT2D eigenvalue weighted by Crippen LogP contribution is -2.21. The van der Waals surface area contributed by atoms with Gasteiger partial charge in [-0.05, 0) is 48.5 Å². The Labute approximate surface area is 116 Å². The third-order valence-electron chi connectivity index (χ3n) is 2.79. The van der Waals surface area contributed by atoms with Gasteiger partial charge in [-0.2, -0.15) is 0 Å². The number of aryl methyl sites for hydroxylation is 1. The van der Waals surface area contributed by atoms with Gasteiger partial charge in [0.25, 0.3) is 5.91 Å². The second-order valence-electron chi connectivity index (χ2n) is 4.03. The van der Waals surface area contributed by atoms with Gasteiger partial charge in [-0.1, -0.05) is 0 Å². The van der Waals surface area contributed by atoms with E-state index in [-0.39, 0.29) is 5.91 Å². The van der Waals surface area contributed by atoms with Crippen LogP contribution >= 0.6 is 12.2 Å². The Morgan fingerprint density at radius 1 is 1.16 bits per heavy atom. The molecule has 0 unspecified atom stereocenters. The highest BCUT2D eigenvalue weighted by molar-refractivity contribution is 7.80. The van der Waals surface area contributed by atoms with Crippen molar-refractivity contribution < 1.29 is 14.3 Å². The lowest BCUT2D eigenvalue weighted by Gasteiger charge is -2.11. The molecule has 0 aromatic heterocycles. The van der Waals surface area contributed by atoms with Gasteiger partial charge in [0.15, 0.2) is 16.6 Å². The van der Waals surface area contributed by atoms with E-state index < -0.39 is 0 Å². The number of hydrogen-bond donors (Lipinski definition) is 2. The van der Waals surface area contributed by atoms with Crippen molar-refractivity contribution in [1.82, 2.24) is 10.6 Å². The zero-order valence-electron chi connectivity index (χ0n) is 10.9. The molecular formula is C13H14N2O3S. The Bertz CT molecular complexity index is 581. The van der Waals surface area contributed by atoms with E-state index in [1.165, 1.54) is 0 Å². The second kappa shape index (κ2) is 5.27. The van der Waals surface area contributed by atoms with Crippen LogP contribution in [0.25, 0.3) is 6.08 Å². The van der Waals surface area contributed by atoms with Gasteiger partial charge >= 0.3 is 0 Å². The molecule has 1 fully saturated rings. The Morgan fingerprint density at radius 3 is 2.32 bits per heavy atom. The number of carbonyl (C=O) groups is 1. The summed E-state index contributed by atoms with van der Waals surface area (Å²) in [5.41, 5.74) is 2.25. The predicted molar refractivity (Wildman–Crippen MR) is 76.1 cm³/mol. The Kier molecular flexibility index (Phi) is 3.71. The number of methoxy groups -OCH3 is 2. The van der Waals surface area contributed by atoms with Crippen molar-refractivity contribution in [2.45, 2.75) is 6.92 Å². The highest BCUT2D eigenvalue weighted by Crippen LogP contribution is 2.31. The number of hydrogen-bond acceptors (Lipinski definition) is 4. The first-order valence-corrected chi connectivity index (χ1v) is 6.02. The van der Waals surface area contributed by atoms with Crippen LogP contribution in [-0.4, -0.2) is 25.2 Å². The van der Waals surface area contributed by atoms with Crippen LogP contribution in [0.1, 0.15) is 11.1 Å². The molecule has 0 bridgehead atoms. The molecule has 100 valence electrons. The number of rotatable bonds is 3. The quantitative estimate of drug-likeness (QED) is 0.646. The first-order chi connectivity index (χ1) is 9.05. The van der Waals surface area contributed by atoms with Gasteiger partial charge in [-0.15, -0.1) is 0 Å². The molecule has 1 aliphatic rings. The van der Waals surface area contributed by atoms with Gasteiger partial charge in [-0.25, -0.2) is 0 Å². The van der Waals surface area contributed by atoms with Crippen LogP contribution < -0.4 is 20.1 Å². The Balaban J connectivity index is 2.43. The molecule has 0 spiro atoms. The van der Waals surface area contributed by atoms with E-state index in [2.05, 4.69) is 10.6 Å². The molecule has 2 rings (SSSR count). The van der Waals surface area contributed by atoms with Crippen molar-refractivity contribution in [3.8, 4) is 11.5 Å². The molecular weight excluding hydrogens is 264 g/mol. The second-order valence-corrected chi connectivity index (χ2v) is 4.44. The maximum absolute atomic E-state index is 11.6. The minimum absolute atomic E-state index is 0.237. The highest BCUT2D eigenvalue weighted by Gasteiger charge is 2.20. The maximum Gasteiger partial charge on any atom is 0.273 e. The normalized spacial score (nSPS) is 16.3. The topological polar surface area (TPSA) is 59.6 Å². The summed E-state index contributed by atoms with van der Waals surface area (Å²) in [5.74, 6) is 1.03. The Hall–Kier alpha value is -2.08. The molecule has 0 radical (unpaired) electrons. The van der Waals surface area contributed by atoms with Gasteiger partial charge in [0, 0.05) is 0 Å². The predicted octanol–water partition coefficient (Wildman–Crippen LogP) is 1.36. The number of thiocarbonyl (C=S) groups is 1. The van der Waals surface area contributed by atoms with Crippen LogP contribution in [0.5, 0.6) is 11.5 Å². The third kappa shape index (κ3) is 2.68. The largest absolute Gasteiger partial charge is 0.493 e. The fourth-order valence-electron chi connectivity index (χ4n) is 1.79. The van der Waals surface area contributed by atoms with Gasteiger partial charge in [0.1, 0.15) is 5.70 Å². The molecule has 1 aromatic carbocycles. The molecule has 2 N–H and O–H groups in total. The van der Waals surface area contributed by atoms with Crippen molar-refractivity contribution in [2.75, 3.05) is 14.2 Å². The zero-order valence-corrected chi connectivity index (χ0v) is 11.7.